The molecule has 0 aromatic heterocycles. The van der Waals surface area contributed by atoms with Gasteiger partial charge in [-0.2, -0.15) is 4.31 Å². The summed E-state index contributed by atoms with van der Waals surface area (Å²) < 4.78 is 41.1. The molecular weight excluding hydrogens is 463 g/mol. The van der Waals surface area contributed by atoms with E-state index in [2.05, 4.69) is 10.6 Å². The van der Waals surface area contributed by atoms with Crippen molar-refractivity contribution >= 4 is 27.7 Å². The lowest BCUT2D eigenvalue weighted by Gasteiger charge is -2.40. The van der Waals surface area contributed by atoms with Crippen LogP contribution in [0.2, 0.25) is 0 Å². The van der Waals surface area contributed by atoms with E-state index in [1.165, 1.54) is 4.90 Å². The van der Waals surface area contributed by atoms with Crippen LogP contribution in [0.5, 0.6) is 0 Å². The molecule has 2 aromatic rings. The van der Waals surface area contributed by atoms with Crippen molar-refractivity contribution in [3.63, 3.8) is 0 Å². The number of benzene rings is 2. The number of rotatable bonds is 5. The van der Waals surface area contributed by atoms with Crippen LogP contribution in [0.4, 0.5) is 4.39 Å². The van der Waals surface area contributed by atoms with Crippen molar-refractivity contribution in [1.29, 1.82) is 0 Å². The Kier molecular flexibility index (Phi) is 6.94. The Morgan fingerprint density at radius 2 is 1.74 bits per heavy atom. The molecule has 0 aliphatic carbocycles. The van der Waals surface area contributed by atoms with Crippen molar-refractivity contribution in [2.45, 2.75) is 29.8 Å². The van der Waals surface area contributed by atoms with E-state index in [1.807, 2.05) is 0 Å². The fourth-order valence-electron chi connectivity index (χ4n) is 4.14. The van der Waals surface area contributed by atoms with E-state index in [9.17, 15) is 27.2 Å². The summed E-state index contributed by atoms with van der Waals surface area (Å²) in [5, 5.41) is 5.32. The first-order valence-corrected chi connectivity index (χ1v) is 12.4. The Labute approximate surface area is 197 Å². The second kappa shape index (κ2) is 9.90. The smallest absolute Gasteiger partial charge is 0.253 e. The number of amides is 3. The van der Waals surface area contributed by atoms with Gasteiger partial charge in [0.15, 0.2) is 0 Å². The molecule has 2 aromatic carbocycles. The van der Waals surface area contributed by atoms with Crippen LogP contribution in [0.1, 0.15) is 23.2 Å². The van der Waals surface area contributed by atoms with E-state index in [1.54, 1.807) is 30.3 Å². The average Bonchev–Trinajstić information content (AvgIpc) is 2.85. The van der Waals surface area contributed by atoms with Crippen molar-refractivity contribution < 1.29 is 27.2 Å². The van der Waals surface area contributed by atoms with Crippen molar-refractivity contribution in [3.05, 3.63) is 66.0 Å². The number of carbonyl (C=O) groups excluding carboxylic acids is 3. The van der Waals surface area contributed by atoms with Crippen LogP contribution in [0.25, 0.3) is 0 Å². The number of nitrogens with zero attached hydrogens (tertiary/aromatic N) is 2. The number of carbonyl (C=O) groups is 3. The SMILES string of the molecule is O=C(N[C@@H]1CCCNC1=O)[C@H]1CN(C(=O)c2ccccc2)CCN1S(=O)(=O)c1ccc(F)cc1. The number of hydrogen-bond acceptors (Lipinski definition) is 5. The molecule has 180 valence electrons. The normalized spacial score (nSPS) is 21.6. The first kappa shape index (κ1) is 23.8. The number of sulfonamides is 1. The van der Waals surface area contributed by atoms with Gasteiger partial charge in [-0.25, -0.2) is 12.8 Å². The van der Waals surface area contributed by atoms with Crippen LogP contribution in [0, 0.1) is 5.82 Å². The molecular formula is C23H25FN4O5S. The van der Waals surface area contributed by atoms with Gasteiger partial charge in [-0.1, -0.05) is 18.2 Å². The summed E-state index contributed by atoms with van der Waals surface area (Å²) in [4.78, 5) is 39.7. The zero-order valence-electron chi connectivity index (χ0n) is 18.3. The molecule has 2 aliphatic heterocycles. The van der Waals surface area contributed by atoms with Gasteiger partial charge in [0.25, 0.3) is 5.91 Å². The van der Waals surface area contributed by atoms with Gasteiger partial charge in [-0.05, 0) is 49.2 Å². The average molecular weight is 489 g/mol. The maximum Gasteiger partial charge on any atom is 0.253 e. The lowest BCUT2D eigenvalue weighted by atomic mass is 10.1. The summed E-state index contributed by atoms with van der Waals surface area (Å²) in [6.45, 7) is 0.266. The van der Waals surface area contributed by atoms with E-state index in [0.717, 1.165) is 28.6 Å². The molecule has 9 nitrogen and oxygen atoms in total. The summed E-state index contributed by atoms with van der Waals surface area (Å²) in [6.07, 6.45) is 1.11. The minimum Gasteiger partial charge on any atom is -0.354 e. The molecule has 4 rings (SSSR count). The van der Waals surface area contributed by atoms with Crippen molar-refractivity contribution in [1.82, 2.24) is 19.8 Å². The van der Waals surface area contributed by atoms with Gasteiger partial charge in [0.1, 0.15) is 17.9 Å². The van der Waals surface area contributed by atoms with Gasteiger partial charge < -0.3 is 15.5 Å². The molecule has 0 spiro atoms. The molecule has 11 heteroatoms. The molecule has 0 saturated carbocycles. The predicted molar refractivity (Wildman–Crippen MR) is 121 cm³/mol. The molecule has 2 fully saturated rings. The van der Waals surface area contributed by atoms with E-state index >= 15 is 0 Å². The lowest BCUT2D eigenvalue weighted by Crippen LogP contribution is -2.63. The van der Waals surface area contributed by atoms with Crippen molar-refractivity contribution in [3.8, 4) is 0 Å². The van der Waals surface area contributed by atoms with Crippen molar-refractivity contribution in [2.24, 2.45) is 0 Å². The first-order valence-electron chi connectivity index (χ1n) is 11.0. The van der Waals surface area contributed by atoms with Gasteiger partial charge >= 0.3 is 0 Å². The van der Waals surface area contributed by atoms with Crippen molar-refractivity contribution in [2.75, 3.05) is 26.2 Å². The maximum atomic E-state index is 13.4. The molecule has 3 amide bonds. The molecule has 2 atom stereocenters. The highest BCUT2D eigenvalue weighted by Crippen LogP contribution is 2.23. The van der Waals surface area contributed by atoms with Gasteiger partial charge in [-0.3, -0.25) is 14.4 Å². The van der Waals surface area contributed by atoms with E-state index < -0.39 is 33.8 Å². The van der Waals surface area contributed by atoms with Crippen LogP contribution >= 0.6 is 0 Å². The number of hydrogen-bond donors (Lipinski definition) is 2. The van der Waals surface area contributed by atoms with Crippen LogP contribution in [-0.4, -0.2) is 73.6 Å². The fourth-order valence-corrected chi connectivity index (χ4v) is 5.71. The van der Waals surface area contributed by atoms with Crippen LogP contribution in [0.15, 0.2) is 59.5 Å². The van der Waals surface area contributed by atoms with Gasteiger partial charge in [-0.15, -0.1) is 0 Å². The molecule has 2 aliphatic rings. The molecule has 2 N–H and O–H groups in total. The van der Waals surface area contributed by atoms with Gasteiger partial charge in [0.05, 0.1) is 4.90 Å². The summed E-state index contributed by atoms with van der Waals surface area (Å²) in [7, 11) is -4.17. The number of nitrogens with one attached hydrogen (secondary N) is 2. The standard InChI is InChI=1S/C23H25FN4O5S/c24-17-8-10-18(11-9-17)34(32,33)28-14-13-27(23(31)16-5-2-1-3-6-16)15-20(28)22(30)26-19-7-4-12-25-21(19)29/h1-3,5-6,8-11,19-20H,4,7,12-15H2,(H,25,29)(H,26,30)/t19-,20-/m1/s1. The molecule has 34 heavy (non-hydrogen) atoms. The second-order valence-electron chi connectivity index (χ2n) is 8.20. The first-order chi connectivity index (χ1) is 16.3. The third-order valence-corrected chi connectivity index (χ3v) is 7.89. The molecule has 0 bridgehead atoms. The maximum absolute atomic E-state index is 13.4. The van der Waals surface area contributed by atoms with Gasteiger partial charge in [0.2, 0.25) is 21.8 Å². The zero-order valence-corrected chi connectivity index (χ0v) is 19.1. The monoisotopic (exact) mass is 488 g/mol. The largest absolute Gasteiger partial charge is 0.354 e. The van der Waals surface area contributed by atoms with E-state index in [4.69, 9.17) is 0 Å². The third kappa shape index (κ3) is 4.95. The Morgan fingerprint density at radius 3 is 2.41 bits per heavy atom. The lowest BCUT2D eigenvalue weighted by molar-refractivity contribution is -0.132. The minimum atomic E-state index is -4.17. The zero-order chi connectivity index (χ0) is 24.3. The second-order valence-corrected chi connectivity index (χ2v) is 10.1. The highest BCUT2D eigenvalue weighted by atomic mass is 32.2. The summed E-state index contributed by atoms with van der Waals surface area (Å²) in [6, 6.07) is 10.8. The Morgan fingerprint density at radius 1 is 1.03 bits per heavy atom. The minimum absolute atomic E-state index is 0.0713. The predicted octanol–water partition coefficient (Wildman–Crippen LogP) is 0.736. The highest BCUT2D eigenvalue weighted by molar-refractivity contribution is 7.89. The summed E-state index contributed by atoms with van der Waals surface area (Å²) >= 11 is 0. The number of piperazine rings is 1. The van der Waals surface area contributed by atoms with Crippen LogP contribution in [0.3, 0.4) is 0 Å². The Balaban J connectivity index is 1.62. The number of halogens is 1. The quantitative estimate of drug-likeness (QED) is 0.644. The molecule has 2 heterocycles. The Hall–Kier alpha value is -3.31. The summed E-state index contributed by atoms with van der Waals surface area (Å²) in [5.41, 5.74) is 0.420. The molecule has 0 radical (unpaired) electrons. The van der Waals surface area contributed by atoms with Crippen LogP contribution < -0.4 is 10.6 Å². The third-order valence-electron chi connectivity index (χ3n) is 5.96. The molecule has 0 unspecified atom stereocenters. The topological polar surface area (TPSA) is 116 Å². The summed E-state index contributed by atoms with van der Waals surface area (Å²) in [5.74, 6) is -1.92. The van der Waals surface area contributed by atoms with E-state index in [0.29, 0.717) is 24.9 Å². The van der Waals surface area contributed by atoms with E-state index in [-0.39, 0.29) is 36.3 Å². The molecule has 2 saturated heterocycles. The fraction of sp³-hybridized carbons (Fsp3) is 0.348. The van der Waals surface area contributed by atoms with Crippen LogP contribution in [-0.2, 0) is 19.6 Å². The highest BCUT2D eigenvalue weighted by Gasteiger charge is 2.42. The Bertz CT molecular complexity index is 1170. The van der Waals surface area contributed by atoms with Gasteiger partial charge in [0, 0.05) is 31.7 Å². The number of piperidine rings is 1.